The SMILES string of the molecule is C=C(C)C1CCC2(C)C(=O)CCC(C)C2(O)C1. The van der Waals surface area contributed by atoms with Crippen LogP contribution >= 0.6 is 0 Å². The van der Waals surface area contributed by atoms with Crippen molar-refractivity contribution in [1.82, 2.24) is 0 Å². The van der Waals surface area contributed by atoms with E-state index >= 15 is 0 Å². The molecule has 1 N–H and O–H groups in total. The third-order valence-corrected chi connectivity index (χ3v) is 5.44. The monoisotopic (exact) mass is 236 g/mol. The smallest absolute Gasteiger partial charge is 0.141 e. The fraction of sp³-hybridized carbons (Fsp3) is 0.800. The van der Waals surface area contributed by atoms with Gasteiger partial charge in [0.1, 0.15) is 5.78 Å². The number of carbonyl (C=O) groups excluding carboxylic acids is 1. The second-order valence-corrected chi connectivity index (χ2v) is 6.41. The van der Waals surface area contributed by atoms with Gasteiger partial charge in [-0.25, -0.2) is 0 Å². The molecule has 0 aromatic carbocycles. The predicted octanol–water partition coefficient (Wildman–Crippen LogP) is 3.10. The maximum absolute atomic E-state index is 12.2. The highest BCUT2D eigenvalue weighted by Crippen LogP contribution is 2.55. The van der Waals surface area contributed by atoms with Gasteiger partial charge in [-0.05, 0) is 51.4 Å². The molecule has 2 nitrogen and oxygen atoms in total. The zero-order valence-corrected chi connectivity index (χ0v) is 11.3. The quantitative estimate of drug-likeness (QED) is 0.710. The van der Waals surface area contributed by atoms with Gasteiger partial charge in [0.2, 0.25) is 0 Å². The molecule has 2 fully saturated rings. The van der Waals surface area contributed by atoms with Crippen LogP contribution in [-0.4, -0.2) is 16.5 Å². The van der Waals surface area contributed by atoms with Gasteiger partial charge < -0.3 is 5.11 Å². The number of fused-ring (bicyclic) bond motifs is 1. The molecule has 0 bridgehead atoms. The summed E-state index contributed by atoms with van der Waals surface area (Å²) in [6.07, 6.45) is 3.98. The number of carbonyl (C=O) groups is 1. The fourth-order valence-corrected chi connectivity index (χ4v) is 3.79. The van der Waals surface area contributed by atoms with E-state index < -0.39 is 11.0 Å². The van der Waals surface area contributed by atoms with Gasteiger partial charge in [0, 0.05) is 6.42 Å². The molecule has 0 heterocycles. The van der Waals surface area contributed by atoms with Crippen LogP contribution in [0.5, 0.6) is 0 Å². The van der Waals surface area contributed by atoms with Crippen molar-refractivity contribution >= 4 is 5.78 Å². The zero-order valence-electron chi connectivity index (χ0n) is 11.3. The number of aliphatic hydroxyl groups is 1. The largest absolute Gasteiger partial charge is 0.389 e. The summed E-state index contributed by atoms with van der Waals surface area (Å²) < 4.78 is 0. The lowest BCUT2D eigenvalue weighted by molar-refractivity contribution is -0.183. The summed E-state index contributed by atoms with van der Waals surface area (Å²) in [4.78, 5) is 12.2. The summed E-state index contributed by atoms with van der Waals surface area (Å²) in [5.41, 5.74) is -0.188. The molecular weight excluding hydrogens is 212 g/mol. The lowest BCUT2D eigenvalue weighted by atomic mass is 9.51. The van der Waals surface area contributed by atoms with Crippen molar-refractivity contribution in [2.45, 2.75) is 58.5 Å². The molecule has 96 valence electrons. The molecule has 2 aliphatic carbocycles. The van der Waals surface area contributed by atoms with Crippen LogP contribution in [0.2, 0.25) is 0 Å². The van der Waals surface area contributed by atoms with Gasteiger partial charge in [-0.15, -0.1) is 0 Å². The molecule has 0 aromatic heterocycles. The first-order valence-corrected chi connectivity index (χ1v) is 6.72. The Hall–Kier alpha value is -0.630. The molecule has 0 amide bonds. The molecule has 4 unspecified atom stereocenters. The van der Waals surface area contributed by atoms with Gasteiger partial charge in [-0.3, -0.25) is 4.79 Å². The maximum Gasteiger partial charge on any atom is 0.141 e. The summed E-state index contributed by atoms with van der Waals surface area (Å²) in [7, 11) is 0. The fourth-order valence-electron chi connectivity index (χ4n) is 3.79. The first kappa shape index (κ1) is 12.8. The average Bonchev–Trinajstić information content (AvgIpc) is 2.27. The Morgan fingerprint density at radius 2 is 2.12 bits per heavy atom. The van der Waals surface area contributed by atoms with Crippen molar-refractivity contribution in [3.05, 3.63) is 12.2 Å². The third kappa shape index (κ3) is 1.69. The summed E-state index contributed by atoms with van der Waals surface area (Å²) in [6, 6.07) is 0. The summed E-state index contributed by atoms with van der Waals surface area (Å²) in [6.45, 7) is 10.1. The molecule has 0 spiro atoms. The Labute approximate surface area is 104 Å². The van der Waals surface area contributed by atoms with E-state index in [9.17, 15) is 9.90 Å². The first-order chi connectivity index (χ1) is 7.81. The number of hydrogen-bond acceptors (Lipinski definition) is 2. The molecule has 0 saturated heterocycles. The maximum atomic E-state index is 12.2. The standard InChI is InChI=1S/C15H24O2/c1-10(2)12-7-8-14(4)13(16)6-5-11(3)15(14,17)9-12/h11-12,17H,1,5-9H2,2-4H3. The second kappa shape index (κ2) is 3.94. The van der Waals surface area contributed by atoms with E-state index in [1.807, 2.05) is 13.8 Å². The van der Waals surface area contributed by atoms with E-state index in [1.165, 1.54) is 0 Å². The number of allylic oxidation sites excluding steroid dienone is 1. The Kier molecular flexibility index (Phi) is 2.97. The topological polar surface area (TPSA) is 37.3 Å². The molecule has 2 aliphatic rings. The van der Waals surface area contributed by atoms with Crippen molar-refractivity contribution in [1.29, 1.82) is 0 Å². The van der Waals surface area contributed by atoms with Crippen molar-refractivity contribution in [2.24, 2.45) is 17.3 Å². The molecule has 2 rings (SSSR count). The van der Waals surface area contributed by atoms with E-state index in [0.717, 1.165) is 24.8 Å². The van der Waals surface area contributed by atoms with E-state index in [1.54, 1.807) is 0 Å². The van der Waals surface area contributed by atoms with Crippen LogP contribution in [0.25, 0.3) is 0 Å². The zero-order chi connectivity index (χ0) is 12.8. The highest BCUT2D eigenvalue weighted by molar-refractivity contribution is 5.87. The molecule has 2 saturated carbocycles. The van der Waals surface area contributed by atoms with Gasteiger partial charge in [0.05, 0.1) is 11.0 Å². The Balaban J connectivity index is 2.35. The minimum absolute atomic E-state index is 0.215. The third-order valence-electron chi connectivity index (χ3n) is 5.44. The number of hydrogen-bond donors (Lipinski definition) is 1. The molecule has 17 heavy (non-hydrogen) atoms. The summed E-state index contributed by atoms with van der Waals surface area (Å²) in [5, 5.41) is 11.0. The summed E-state index contributed by atoms with van der Waals surface area (Å²) >= 11 is 0. The van der Waals surface area contributed by atoms with E-state index in [-0.39, 0.29) is 11.7 Å². The van der Waals surface area contributed by atoms with E-state index in [2.05, 4.69) is 13.5 Å². The van der Waals surface area contributed by atoms with E-state index in [0.29, 0.717) is 18.8 Å². The lowest BCUT2D eigenvalue weighted by Gasteiger charge is -2.55. The lowest BCUT2D eigenvalue weighted by Crippen LogP contribution is -2.61. The molecule has 0 radical (unpaired) electrons. The van der Waals surface area contributed by atoms with Crippen molar-refractivity contribution in [3.63, 3.8) is 0 Å². The van der Waals surface area contributed by atoms with Crippen molar-refractivity contribution in [3.8, 4) is 0 Å². The van der Waals surface area contributed by atoms with Crippen LogP contribution in [0.1, 0.15) is 52.9 Å². The van der Waals surface area contributed by atoms with Crippen LogP contribution in [0, 0.1) is 17.3 Å². The molecule has 2 heteroatoms. The van der Waals surface area contributed by atoms with Crippen LogP contribution in [-0.2, 0) is 4.79 Å². The van der Waals surface area contributed by atoms with Crippen LogP contribution < -0.4 is 0 Å². The predicted molar refractivity (Wildman–Crippen MR) is 68.6 cm³/mol. The van der Waals surface area contributed by atoms with Gasteiger partial charge in [0.15, 0.2) is 0 Å². The highest BCUT2D eigenvalue weighted by atomic mass is 16.3. The van der Waals surface area contributed by atoms with Gasteiger partial charge in [-0.1, -0.05) is 19.1 Å². The van der Waals surface area contributed by atoms with Crippen LogP contribution in [0.4, 0.5) is 0 Å². The van der Waals surface area contributed by atoms with Gasteiger partial charge in [0.25, 0.3) is 0 Å². The minimum Gasteiger partial charge on any atom is -0.389 e. The van der Waals surface area contributed by atoms with Gasteiger partial charge >= 0.3 is 0 Å². The molecule has 4 atom stereocenters. The molecule has 0 aromatic rings. The normalized spacial score (nSPS) is 46.5. The average molecular weight is 236 g/mol. The Morgan fingerprint density at radius 1 is 1.47 bits per heavy atom. The van der Waals surface area contributed by atoms with Crippen molar-refractivity contribution < 1.29 is 9.90 Å². The van der Waals surface area contributed by atoms with Gasteiger partial charge in [-0.2, -0.15) is 0 Å². The molecular formula is C15H24O2. The Morgan fingerprint density at radius 3 is 2.71 bits per heavy atom. The van der Waals surface area contributed by atoms with Crippen LogP contribution in [0.3, 0.4) is 0 Å². The molecule has 0 aliphatic heterocycles. The minimum atomic E-state index is -0.815. The van der Waals surface area contributed by atoms with E-state index in [4.69, 9.17) is 0 Å². The number of rotatable bonds is 1. The first-order valence-electron chi connectivity index (χ1n) is 6.72. The van der Waals surface area contributed by atoms with Crippen LogP contribution in [0.15, 0.2) is 12.2 Å². The highest BCUT2D eigenvalue weighted by Gasteiger charge is 2.59. The summed E-state index contributed by atoms with van der Waals surface area (Å²) in [5.74, 6) is 0.854. The number of ketones is 1. The van der Waals surface area contributed by atoms with Crippen molar-refractivity contribution in [2.75, 3.05) is 0 Å². The second-order valence-electron chi connectivity index (χ2n) is 6.41. The Bertz CT molecular complexity index is 360. The number of Topliss-reactive ketones (excluding diaryl/α,β-unsaturated/α-hetero) is 1.